The van der Waals surface area contributed by atoms with Gasteiger partial charge in [-0.3, -0.25) is 4.79 Å². The van der Waals surface area contributed by atoms with Gasteiger partial charge in [0.15, 0.2) is 0 Å². The van der Waals surface area contributed by atoms with E-state index in [1.165, 1.54) is 0 Å². The molecule has 1 aromatic carbocycles. The molecule has 1 aliphatic carbocycles. The number of aryl methyl sites for hydroxylation is 1. The summed E-state index contributed by atoms with van der Waals surface area (Å²) in [5, 5.41) is 10.7. The molecule has 1 heterocycles. The van der Waals surface area contributed by atoms with Crippen molar-refractivity contribution in [3.8, 4) is 6.07 Å². The van der Waals surface area contributed by atoms with Crippen molar-refractivity contribution in [2.75, 3.05) is 7.05 Å². The van der Waals surface area contributed by atoms with E-state index < -0.39 is 5.41 Å². The molecule has 0 atom stereocenters. The fraction of sp³-hybridized carbons (Fsp3) is 0.524. The number of furan rings is 1. The van der Waals surface area contributed by atoms with E-state index in [-0.39, 0.29) is 5.91 Å². The van der Waals surface area contributed by atoms with Gasteiger partial charge in [-0.05, 0) is 25.3 Å². The van der Waals surface area contributed by atoms with Crippen LogP contribution in [0.25, 0.3) is 11.0 Å². The van der Waals surface area contributed by atoms with Gasteiger partial charge in [0.25, 0.3) is 0 Å². The molecule has 3 rings (SSSR count). The van der Waals surface area contributed by atoms with Crippen molar-refractivity contribution in [2.45, 2.75) is 58.4 Å². The van der Waals surface area contributed by atoms with Gasteiger partial charge in [0.1, 0.15) is 16.8 Å². The van der Waals surface area contributed by atoms with Crippen molar-refractivity contribution in [1.82, 2.24) is 4.90 Å². The summed E-state index contributed by atoms with van der Waals surface area (Å²) in [6, 6.07) is 10.3. The van der Waals surface area contributed by atoms with Crippen LogP contribution in [-0.2, 0) is 17.8 Å². The number of fused-ring (bicyclic) bond motifs is 1. The van der Waals surface area contributed by atoms with Crippen LogP contribution in [0.1, 0.15) is 56.8 Å². The van der Waals surface area contributed by atoms with Crippen LogP contribution in [0.2, 0.25) is 0 Å². The molecule has 1 fully saturated rings. The first-order valence-electron chi connectivity index (χ1n) is 9.27. The van der Waals surface area contributed by atoms with Gasteiger partial charge in [-0.1, -0.05) is 44.4 Å². The minimum Gasteiger partial charge on any atom is -0.461 e. The second-order valence-corrected chi connectivity index (χ2v) is 7.17. The van der Waals surface area contributed by atoms with E-state index in [2.05, 4.69) is 19.1 Å². The number of amides is 1. The van der Waals surface area contributed by atoms with Crippen molar-refractivity contribution in [1.29, 1.82) is 5.26 Å². The van der Waals surface area contributed by atoms with Crippen LogP contribution >= 0.6 is 0 Å². The number of carbonyl (C=O) groups is 1. The maximum atomic E-state index is 13.0. The molecule has 1 aliphatic rings. The van der Waals surface area contributed by atoms with Gasteiger partial charge in [-0.2, -0.15) is 5.26 Å². The van der Waals surface area contributed by atoms with Gasteiger partial charge in [-0.15, -0.1) is 0 Å². The first-order chi connectivity index (χ1) is 12.1. The monoisotopic (exact) mass is 338 g/mol. The molecular weight excluding hydrogens is 312 g/mol. The van der Waals surface area contributed by atoms with Gasteiger partial charge in [0.05, 0.1) is 6.07 Å². The molecule has 1 saturated carbocycles. The summed E-state index contributed by atoms with van der Waals surface area (Å²) in [6.07, 6.45) is 6.33. The number of hydrogen-bond donors (Lipinski definition) is 0. The molecule has 132 valence electrons. The van der Waals surface area contributed by atoms with Crippen LogP contribution in [-0.4, -0.2) is 17.9 Å². The van der Waals surface area contributed by atoms with Gasteiger partial charge in [0.2, 0.25) is 5.91 Å². The van der Waals surface area contributed by atoms with Gasteiger partial charge < -0.3 is 9.32 Å². The van der Waals surface area contributed by atoms with Crippen LogP contribution < -0.4 is 0 Å². The first kappa shape index (κ1) is 17.5. The fourth-order valence-electron chi connectivity index (χ4n) is 3.89. The van der Waals surface area contributed by atoms with Gasteiger partial charge in [-0.25, -0.2) is 0 Å². The van der Waals surface area contributed by atoms with E-state index in [9.17, 15) is 10.1 Å². The molecule has 0 N–H and O–H groups in total. The number of benzene rings is 1. The molecule has 0 spiro atoms. The fourth-order valence-corrected chi connectivity index (χ4v) is 3.89. The lowest BCUT2D eigenvalue weighted by atomic mass is 9.86. The van der Waals surface area contributed by atoms with Crippen molar-refractivity contribution in [3.05, 3.63) is 35.6 Å². The lowest BCUT2D eigenvalue weighted by Crippen LogP contribution is -2.39. The zero-order valence-electron chi connectivity index (χ0n) is 15.2. The molecular formula is C21H26N2O2. The Kier molecular flexibility index (Phi) is 5.13. The molecule has 4 heteroatoms. The zero-order chi connectivity index (χ0) is 17.9. The average molecular weight is 338 g/mol. The Labute approximate surface area is 149 Å². The summed E-state index contributed by atoms with van der Waals surface area (Å²) in [6.45, 7) is 2.66. The molecule has 0 unspecified atom stereocenters. The normalized spacial score (nSPS) is 16.0. The molecule has 0 bridgehead atoms. The van der Waals surface area contributed by atoms with E-state index in [0.717, 1.165) is 54.4 Å². The highest BCUT2D eigenvalue weighted by atomic mass is 16.3. The SMILES string of the molecule is CCCCc1oc2ccccc2c1CN(C)C(=O)C1(C#N)CCCC1. The van der Waals surface area contributed by atoms with Crippen molar-refractivity contribution < 1.29 is 9.21 Å². The van der Waals surface area contributed by atoms with Gasteiger partial charge >= 0.3 is 0 Å². The van der Waals surface area contributed by atoms with E-state index >= 15 is 0 Å². The molecule has 25 heavy (non-hydrogen) atoms. The Morgan fingerprint density at radius 2 is 2.04 bits per heavy atom. The average Bonchev–Trinajstić information content (AvgIpc) is 3.25. The van der Waals surface area contributed by atoms with Crippen LogP contribution in [0.15, 0.2) is 28.7 Å². The third-order valence-electron chi connectivity index (χ3n) is 5.36. The van der Waals surface area contributed by atoms with E-state index in [1.807, 2.05) is 25.2 Å². The highest BCUT2D eigenvalue weighted by Gasteiger charge is 2.43. The molecule has 4 nitrogen and oxygen atoms in total. The number of para-hydroxylation sites is 1. The maximum Gasteiger partial charge on any atom is 0.243 e. The topological polar surface area (TPSA) is 57.2 Å². The second-order valence-electron chi connectivity index (χ2n) is 7.17. The van der Waals surface area contributed by atoms with Crippen molar-refractivity contribution in [2.24, 2.45) is 5.41 Å². The number of nitrogens with zero attached hydrogens (tertiary/aromatic N) is 2. The Balaban J connectivity index is 1.88. The molecule has 0 saturated heterocycles. The maximum absolute atomic E-state index is 13.0. The standard InChI is InChI=1S/C21H26N2O2/c1-3-4-10-19-17(16-9-5-6-11-18(16)25-19)14-23(2)20(24)21(15-22)12-7-8-13-21/h5-6,9,11H,3-4,7-8,10,12-14H2,1-2H3. The van der Waals surface area contributed by atoms with Crippen LogP contribution in [0.3, 0.4) is 0 Å². The number of nitriles is 1. The lowest BCUT2D eigenvalue weighted by Gasteiger charge is -2.26. The minimum absolute atomic E-state index is 0.0424. The molecule has 1 amide bonds. The summed E-state index contributed by atoms with van der Waals surface area (Å²) < 4.78 is 6.06. The summed E-state index contributed by atoms with van der Waals surface area (Å²) in [5.41, 5.74) is 1.14. The predicted octanol–water partition coefficient (Wildman–Crippen LogP) is 4.82. The Morgan fingerprint density at radius 3 is 2.72 bits per heavy atom. The number of hydrogen-bond acceptors (Lipinski definition) is 3. The van der Waals surface area contributed by atoms with E-state index in [1.54, 1.807) is 4.90 Å². The Bertz CT molecular complexity index is 794. The highest BCUT2D eigenvalue weighted by molar-refractivity contribution is 5.87. The van der Waals surface area contributed by atoms with Crippen LogP contribution in [0.5, 0.6) is 0 Å². The molecule has 0 radical (unpaired) electrons. The smallest absolute Gasteiger partial charge is 0.243 e. The minimum atomic E-state index is -0.822. The first-order valence-corrected chi connectivity index (χ1v) is 9.27. The van der Waals surface area contributed by atoms with Gasteiger partial charge in [0, 0.05) is 31.0 Å². The second kappa shape index (κ2) is 7.31. The summed E-state index contributed by atoms with van der Waals surface area (Å²) in [7, 11) is 1.81. The van der Waals surface area contributed by atoms with Crippen LogP contribution in [0.4, 0.5) is 0 Å². The quantitative estimate of drug-likeness (QED) is 0.759. The molecule has 0 aliphatic heterocycles. The molecule has 2 aromatic rings. The third kappa shape index (κ3) is 3.28. The number of rotatable bonds is 6. The largest absolute Gasteiger partial charge is 0.461 e. The summed E-state index contributed by atoms with van der Waals surface area (Å²) in [5.74, 6) is 0.930. The summed E-state index contributed by atoms with van der Waals surface area (Å²) >= 11 is 0. The van der Waals surface area contributed by atoms with Crippen molar-refractivity contribution >= 4 is 16.9 Å². The summed E-state index contributed by atoms with van der Waals surface area (Å²) in [4.78, 5) is 14.7. The van der Waals surface area contributed by atoms with E-state index in [4.69, 9.17) is 4.42 Å². The zero-order valence-corrected chi connectivity index (χ0v) is 15.2. The third-order valence-corrected chi connectivity index (χ3v) is 5.36. The Hall–Kier alpha value is -2.28. The van der Waals surface area contributed by atoms with Crippen LogP contribution in [0, 0.1) is 16.7 Å². The number of unbranched alkanes of at least 4 members (excludes halogenated alkanes) is 1. The number of carbonyl (C=O) groups excluding carboxylic acids is 1. The van der Waals surface area contributed by atoms with Crippen molar-refractivity contribution in [3.63, 3.8) is 0 Å². The highest BCUT2D eigenvalue weighted by Crippen LogP contribution is 2.39. The van der Waals surface area contributed by atoms with E-state index in [0.29, 0.717) is 19.4 Å². The Morgan fingerprint density at radius 1 is 1.32 bits per heavy atom. The molecule has 1 aromatic heterocycles. The lowest BCUT2D eigenvalue weighted by molar-refractivity contribution is -0.138. The predicted molar refractivity (Wildman–Crippen MR) is 97.8 cm³/mol.